The highest BCUT2D eigenvalue weighted by Crippen LogP contribution is 2.30. The van der Waals surface area contributed by atoms with Gasteiger partial charge in [0.15, 0.2) is 0 Å². The average molecular weight is 298 g/mol. The second kappa shape index (κ2) is 5.43. The Morgan fingerprint density at radius 3 is 2.47 bits per heavy atom. The minimum absolute atomic E-state index is 0.0892. The lowest BCUT2D eigenvalue weighted by Crippen LogP contribution is -2.08. The Hall–Kier alpha value is -1.19. The average Bonchev–Trinajstić information content (AvgIpc) is 2.56. The van der Waals surface area contributed by atoms with Gasteiger partial charge in [-0.1, -0.05) is 29.3 Å². The highest BCUT2D eigenvalue weighted by molar-refractivity contribution is 6.35. The van der Waals surface area contributed by atoms with Crippen molar-refractivity contribution >= 4 is 28.9 Å². The molecule has 1 aromatic heterocycles. The van der Waals surface area contributed by atoms with Crippen LogP contribution in [-0.4, -0.2) is 9.78 Å². The molecule has 0 saturated carbocycles. The van der Waals surface area contributed by atoms with E-state index >= 15 is 0 Å². The molecule has 0 radical (unpaired) electrons. The van der Waals surface area contributed by atoms with Crippen molar-refractivity contribution in [3.05, 3.63) is 45.2 Å². The first-order valence-corrected chi connectivity index (χ1v) is 6.87. The lowest BCUT2D eigenvalue weighted by Gasteiger charge is -2.17. The molecule has 0 spiro atoms. The van der Waals surface area contributed by atoms with Crippen molar-refractivity contribution < 1.29 is 0 Å². The first kappa shape index (κ1) is 14.2. The van der Waals surface area contributed by atoms with Crippen LogP contribution in [0.5, 0.6) is 0 Å². The summed E-state index contributed by atoms with van der Waals surface area (Å²) in [6.45, 7) is 6.10. The van der Waals surface area contributed by atoms with Crippen LogP contribution in [0, 0.1) is 13.8 Å². The smallest absolute Gasteiger partial charge is 0.0828 e. The molecule has 0 saturated heterocycles. The number of benzene rings is 1. The summed E-state index contributed by atoms with van der Waals surface area (Å²) in [6.07, 6.45) is 0. The number of aromatic nitrogens is 2. The Bertz CT molecular complexity index is 605. The normalized spacial score (nSPS) is 12.5. The molecule has 0 bridgehead atoms. The molecule has 1 N–H and O–H groups in total. The SMILES string of the molecule is Cc1nn(C)c(C)c1NC(C)c1ccc(Cl)cc1Cl. The van der Waals surface area contributed by atoms with Crippen LogP contribution < -0.4 is 5.32 Å². The largest absolute Gasteiger partial charge is 0.375 e. The van der Waals surface area contributed by atoms with Gasteiger partial charge in [0.1, 0.15) is 0 Å². The van der Waals surface area contributed by atoms with Crippen molar-refractivity contribution in [2.75, 3.05) is 5.32 Å². The zero-order valence-corrected chi connectivity index (χ0v) is 13.0. The fourth-order valence-corrected chi connectivity index (χ4v) is 2.70. The summed E-state index contributed by atoms with van der Waals surface area (Å²) in [5.74, 6) is 0. The van der Waals surface area contributed by atoms with Gasteiger partial charge in [-0.3, -0.25) is 4.68 Å². The molecular formula is C14H17Cl2N3. The van der Waals surface area contributed by atoms with Gasteiger partial charge in [0.05, 0.1) is 23.1 Å². The van der Waals surface area contributed by atoms with Gasteiger partial charge in [-0.05, 0) is 38.5 Å². The van der Waals surface area contributed by atoms with E-state index in [1.165, 1.54) is 0 Å². The maximum atomic E-state index is 6.23. The molecule has 0 aliphatic carbocycles. The van der Waals surface area contributed by atoms with Crippen LogP contribution in [0.2, 0.25) is 10.0 Å². The predicted octanol–water partition coefficient (Wildman–Crippen LogP) is 4.52. The monoisotopic (exact) mass is 297 g/mol. The summed E-state index contributed by atoms with van der Waals surface area (Å²) < 4.78 is 1.87. The third kappa shape index (κ3) is 2.88. The van der Waals surface area contributed by atoms with Crippen molar-refractivity contribution in [3.63, 3.8) is 0 Å². The molecule has 102 valence electrons. The molecule has 1 atom stereocenters. The number of hydrogen-bond donors (Lipinski definition) is 1. The molecule has 19 heavy (non-hydrogen) atoms. The minimum atomic E-state index is 0.0892. The number of aryl methyl sites for hydroxylation is 2. The van der Waals surface area contributed by atoms with Crippen molar-refractivity contribution in [1.29, 1.82) is 0 Å². The van der Waals surface area contributed by atoms with Gasteiger partial charge in [-0.25, -0.2) is 0 Å². The van der Waals surface area contributed by atoms with E-state index in [2.05, 4.69) is 17.3 Å². The second-order valence-electron chi connectivity index (χ2n) is 4.70. The predicted molar refractivity (Wildman–Crippen MR) is 81.2 cm³/mol. The Kier molecular flexibility index (Phi) is 4.07. The Morgan fingerprint density at radius 2 is 1.95 bits per heavy atom. The Balaban J connectivity index is 2.28. The van der Waals surface area contributed by atoms with Gasteiger partial charge < -0.3 is 5.32 Å². The third-order valence-corrected chi connectivity index (χ3v) is 3.86. The van der Waals surface area contributed by atoms with Gasteiger partial charge in [0.25, 0.3) is 0 Å². The van der Waals surface area contributed by atoms with E-state index in [4.69, 9.17) is 23.2 Å². The number of rotatable bonds is 3. The summed E-state index contributed by atoms with van der Waals surface area (Å²) in [7, 11) is 1.94. The van der Waals surface area contributed by atoms with Gasteiger partial charge in [-0.15, -0.1) is 0 Å². The van der Waals surface area contributed by atoms with E-state index < -0.39 is 0 Å². The Morgan fingerprint density at radius 1 is 1.26 bits per heavy atom. The van der Waals surface area contributed by atoms with E-state index in [0.717, 1.165) is 22.6 Å². The zero-order chi connectivity index (χ0) is 14.2. The van der Waals surface area contributed by atoms with Crippen LogP contribution in [0.4, 0.5) is 5.69 Å². The van der Waals surface area contributed by atoms with E-state index in [1.54, 1.807) is 6.07 Å². The van der Waals surface area contributed by atoms with Crippen molar-refractivity contribution in [1.82, 2.24) is 9.78 Å². The van der Waals surface area contributed by atoms with Crippen LogP contribution in [0.1, 0.15) is 29.9 Å². The molecule has 0 aliphatic heterocycles. The highest BCUT2D eigenvalue weighted by Gasteiger charge is 2.15. The number of nitrogens with one attached hydrogen (secondary N) is 1. The van der Waals surface area contributed by atoms with Crippen molar-refractivity contribution in [3.8, 4) is 0 Å². The third-order valence-electron chi connectivity index (χ3n) is 3.30. The fraction of sp³-hybridized carbons (Fsp3) is 0.357. The quantitative estimate of drug-likeness (QED) is 0.903. The number of hydrogen-bond acceptors (Lipinski definition) is 2. The molecule has 1 aromatic carbocycles. The topological polar surface area (TPSA) is 29.9 Å². The molecule has 2 rings (SSSR count). The number of anilines is 1. The molecule has 0 fully saturated rings. The summed E-state index contributed by atoms with van der Waals surface area (Å²) >= 11 is 12.1. The van der Waals surface area contributed by atoms with Crippen LogP contribution in [0.3, 0.4) is 0 Å². The van der Waals surface area contributed by atoms with Crippen molar-refractivity contribution in [2.24, 2.45) is 7.05 Å². The van der Waals surface area contributed by atoms with Crippen LogP contribution in [0.15, 0.2) is 18.2 Å². The van der Waals surface area contributed by atoms with Crippen LogP contribution >= 0.6 is 23.2 Å². The van der Waals surface area contributed by atoms with Crippen LogP contribution in [-0.2, 0) is 7.05 Å². The van der Waals surface area contributed by atoms with E-state index in [-0.39, 0.29) is 6.04 Å². The van der Waals surface area contributed by atoms with Crippen molar-refractivity contribution in [2.45, 2.75) is 26.8 Å². The van der Waals surface area contributed by atoms with Gasteiger partial charge >= 0.3 is 0 Å². The lowest BCUT2D eigenvalue weighted by atomic mass is 10.1. The molecular weight excluding hydrogens is 281 g/mol. The molecule has 2 aromatic rings. The van der Waals surface area contributed by atoms with E-state index in [9.17, 15) is 0 Å². The first-order valence-electron chi connectivity index (χ1n) is 6.12. The molecule has 0 amide bonds. The van der Waals surface area contributed by atoms with E-state index in [0.29, 0.717) is 10.0 Å². The first-order chi connectivity index (χ1) is 8.90. The highest BCUT2D eigenvalue weighted by atomic mass is 35.5. The van der Waals surface area contributed by atoms with Gasteiger partial charge in [-0.2, -0.15) is 5.10 Å². The lowest BCUT2D eigenvalue weighted by molar-refractivity contribution is 0.731. The minimum Gasteiger partial charge on any atom is -0.375 e. The summed E-state index contributed by atoms with van der Waals surface area (Å²) in [4.78, 5) is 0. The summed E-state index contributed by atoms with van der Waals surface area (Å²) in [6, 6.07) is 5.65. The standard InChI is InChI=1S/C14H17Cl2N3/c1-8(12-6-5-11(15)7-13(12)16)17-14-9(2)18-19(4)10(14)3/h5-8,17H,1-4H3. The van der Waals surface area contributed by atoms with Gasteiger partial charge in [0.2, 0.25) is 0 Å². The Labute approximate surface area is 123 Å². The molecule has 3 nitrogen and oxygen atoms in total. The molecule has 1 heterocycles. The maximum Gasteiger partial charge on any atom is 0.0828 e. The fourth-order valence-electron chi connectivity index (χ4n) is 2.13. The van der Waals surface area contributed by atoms with Gasteiger partial charge in [0, 0.05) is 17.1 Å². The number of halogens is 2. The summed E-state index contributed by atoms with van der Waals surface area (Å²) in [5.41, 5.74) is 4.17. The molecule has 5 heteroatoms. The maximum absolute atomic E-state index is 6.23. The van der Waals surface area contributed by atoms with E-state index in [1.807, 2.05) is 37.7 Å². The molecule has 0 aliphatic rings. The van der Waals surface area contributed by atoms with Crippen LogP contribution in [0.25, 0.3) is 0 Å². The summed E-state index contributed by atoms with van der Waals surface area (Å²) in [5, 5.41) is 9.18. The molecule has 1 unspecified atom stereocenters. The zero-order valence-electron chi connectivity index (χ0n) is 11.5. The second-order valence-corrected chi connectivity index (χ2v) is 5.54. The number of nitrogens with zero attached hydrogens (tertiary/aromatic N) is 2.